The van der Waals surface area contributed by atoms with Gasteiger partial charge in [-0.25, -0.2) is 0 Å². The van der Waals surface area contributed by atoms with Crippen molar-refractivity contribution >= 4 is 10.8 Å². The highest BCUT2D eigenvalue weighted by atomic mass is 16.5. The van der Waals surface area contributed by atoms with Crippen LogP contribution in [-0.2, 0) is 0 Å². The lowest BCUT2D eigenvalue weighted by Gasteiger charge is -2.12. The van der Waals surface area contributed by atoms with E-state index in [0.717, 1.165) is 16.5 Å². The highest BCUT2D eigenvalue weighted by Gasteiger charge is 2.07. The number of phenolic OH excluding ortho intramolecular Hbond substituents is 1. The minimum absolute atomic E-state index is 0.107. The molecule has 0 bridgehead atoms. The first-order valence-electron chi connectivity index (χ1n) is 5.06. The van der Waals surface area contributed by atoms with E-state index in [1.807, 2.05) is 44.2 Å². The van der Waals surface area contributed by atoms with Gasteiger partial charge in [-0.1, -0.05) is 24.3 Å². The Balaban J connectivity index is 2.63. The molecule has 0 aliphatic rings. The first-order chi connectivity index (χ1) is 7.18. The van der Waals surface area contributed by atoms with Crippen LogP contribution in [0, 0.1) is 0 Å². The van der Waals surface area contributed by atoms with Crippen LogP contribution in [0.3, 0.4) is 0 Å². The van der Waals surface area contributed by atoms with Crippen LogP contribution in [-0.4, -0.2) is 11.2 Å². The smallest absolute Gasteiger partial charge is 0.131 e. The molecule has 0 amide bonds. The molecule has 0 spiro atoms. The molecule has 2 heteroatoms. The van der Waals surface area contributed by atoms with Crippen LogP contribution in [0.4, 0.5) is 0 Å². The number of ether oxygens (including phenoxy) is 1. The first-order valence-corrected chi connectivity index (χ1v) is 5.06. The van der Waals surface area contributed by atoms with Crippen molar-refractivity contribution in [2.24, 2.45) is 0 Å². The summed E-state index contributed by atoms with van der Waals surface area (Å²) in [5.74, 6) is 1.00. The van der Waals surface area contributed by atoms with Crippen LogP contribution in [0.15, 0.2) is 36.4 Å². The van der Waals surface area contributed by atoms with Gasteiger partial charge in [0.2, 0.25) is 0 Å². The molecular formula is C13H14O2. The fourth-order valence-corrected chi connectivity index (χ4v) is 1.64. The fraction of sp³-hybridized carbons (Fsp3) is 0.231. The standard InChI is InChI=1S/C13H14O2/c1-9(2)15-12-8-4-6-10-5-3-7-11(14)13(10)12/h3-9,14H,1-2H3. The number of phenols is 1. The second kappa shape index (κ2) is 3.81. The summed E-state index contributed by atoms with van der Waals surface area (Å²) in [4.78, 5) is 0. The number of hydrogen-bond donors (Lipinski definition) is 1. The van der Waals surface area contributed by atoms with E-state index in [0.29, 0.717) is 0 Å². The van der Waals surface area contributed by atoms with Gasteiger partial charge in [0.05, 0.1) is 11.5 Å². The molecule has 0 aromatic heterocycles. The van der Waals surface area contributed by atoms with Gasteiger partial charge in [0.15, 0.2) is 0 Å². The van der Waals surface area contributed by atoms with E-state index >= 15 is 0 Å². The Kier molecular flexibility index (Phi) is 2.50. The Morgan fingerprint density at radius 2 is 1.73 bits per heavy atom. The van der Waals surface area contributed by atoms with E-state index in [1.165, 1.54) is 0 Å². The van der Waals surface area contributed by atoms with Gasteiger partial charge >= 0.3 is 0 Å². The third-order valence-corrected chi connectivity index (χ3v) is 2.21. The predicted molar refractivity (Wildman–Crippen MR) is 61.4 cm³/mol. The van der Waals surface area contributed by atoms with E-state index in [1.54, 1.807) is 6.07 Å². The maximum absolute atomic E-state index is 9.78. The lowest BCUT2D eigenvalue weighted by Crippen LogP contribution is -2.05. The SMILES string of the molecule is CC(C)Oc1cccc2cccc(O)c12. The normalized spacial score (nSPS) is 10.9. The van der Waals surface area contributed by atoms with Gasteiger partial charge < -0.3 is 9.84 Å². The van der Waals surface area contributed by atoms with Crippen LogP contribution < -0.4 is 4.74 Å². The van der Waals surface area contributed by atoms with E-state index in [-0.39, 0.29) is 11.9 Å². The number of hydrogen-bond acceptors (Lipinski definition) is 2. The summed E-state index contributed by atoms with van der Waals surface area (Å²) < 4.78 is 5.65. The highest BCUT2D eigenvalue weighted by Crippen LogP contribution is 2.33. The van der Waals surface area contributed by atoms with Crippen molar-refractivity contribution in [1.29, 1.82) is 0 Å². The molecular weight excluding hydrogens is 188 g/mol. The molecule has 0 aliphatic carbocycles. The molecule has 15 heavy (non-hydrogen) atoms. The summed E-state index contributed by atoms with van der Waals surface area (Å²) in [6.07, 6.45) is 0.107. The van der Waals surface area contributed by atoms with Crippen molar-refractivity contribution in [3.8, 4) is 11.5 Å². The van der Waals surface area contributed by atoms with Gasteiger partial charge in [0.25, 0.3) is 0 Å². The Labute approximate surface area is 89.1 Å². The van der Waals surface area contributed by atoms with E-state index in [4.69, 9.17) is 4.74 Å². The van der Waals surface area contributed by atoms with E-state index < -0.39 is 0 Å². The largest absolute Gasteiger partial charge is 0.507 e. The maximum atomic E-state index is 9.78. The summed E-state index contributed by atoms with van der Waals surface area (Å²) in [7, 11) is 0. The topological polar surface area (TPSA) is 29.5 Å². The Morgan fingerprint density at radius 1 is 1.07 bits per heavy atom. The molecule has 0 atom stereocenters. The molecule has 1 N–H and O–H groups in total. The monoisotopic (exact) mass is 202 g/mol. The van der Waals surface area contributed by atoms with Crippen molar-refractivity contribution in [2.45, 2.75) is 20.0 Å². The zero-order valence-electron chi connectivity index (χ0n) is 8.90. The number of aromatic hydroxyl groups is 1. The van der Waals surface area contributed by atoms with Gasteiger partial charge in [0, 0.05) is 0 Å². The molecule has 0 saturated carbocycles. The average Bonchev–Trinajstić information content (AvgIpc) is 2.17. The third kappa shape index (κ3) is 1.89. The summed E-state index contributed by atoms with van der Waals surface area (Å²) in [5, 5.41) is 11.6. The molecule has 0 fully saturated rings. The minimum Gasteiger partial charge on any atom is -0.507 e. The van der Waals surface area contributed by atoms with E-state index in [9.17, 15) is 5.11 Å². The molecule has 78 valence electrons. The molecule has 0 aliphatic heterocycles. The minimum atomic E-state index is 0.107. The zero-order valence-corrected chi connectivity index (χ0v) is 8.90. The Hall–Kier alpha value is -1.70. The van der Waals surface area contributed by atoms with Crippen LogP contribution in [0.2, 0.25) is 0 Å². The molecule has 0 saturated heterocycles. The van der Waals surface area contributed by atoms with Gasteiger partial charge in [-0.05, 0) is 31.4 Å². The highest BCUT2D eigenvalue weighted by molar-refractivity contribution is 5.93. The van der Waals surface area contributed by atoms with Crippen molar-refractivity contribution in [3.63, 3.8) is 0 Å². The van der Waals surface area contributed by atoms with Crippen molar-refractivity contribution < 1.29 is 9.84 Å². The zero-order chi connectivity index (χ0) is 10.8. The van der Waals surface area contributed by atoms with Crippen LogP contribution in [0.25, 0.3) is 10.8 Å². The van der Waals surface area contributed by atoms with Crippen LogP contribution in [0.1, 0.15) is 13.8 Å². The lowest BCUT2D eigenvalue weighted by atomic mass is 10.1. The molecule has 0 radical (unpaired) electrons. The Morgan fingerprint density at radius 3 is 2.40 bits per heavy atom. The number of benzene rings is 2. The van der Waals surface area contributed by atoms with Crippen molar-refractivity contribution in [1.82, 2.24) is 0 Å². The second-order valence-corrected chi connectivity index (χ2v) is 3.80. The summed E-state index contributed by atoms with van der Waals surface area (Å²) in [6, 6.07) is 11.2. The van der Waals surface area contributed by atoms with Crippen molar-refractivity contribution in [2.75, 3.05) is 0 Å². The van der Waals surface area contributed by atoms with Crippen LogP contribution >= 0.6 is 0 Å². The number of rotatable bonds is 2. The third-order valence-electron chi connectivity index (χ3n) is 2.21. The van der Waals surface area contributed by atoms with Crippen molar-refractivity contribution in [3.05, 3.63) is 36.4 Å². The Bertz CT molecular complexity index is 470. The predicted octanol–water partition coefficient (Wildman–Crippen LogP) is 3.33. The molecule has 2 aromatic rings. The number of fused-ring (bicyclic) bond motifs is 1. The van der Waals surface area contributed by atoms with Gasteiger partial charge in [-0.15, -0.1) is 0 Å². The van der Waals surface area contributed by atoms with Crippen LogP contribution in [0.5, 0.6) is 11.5 Å². The van der Waals surface area contributed by atoms with Gasteiger partial charge in [-0.2, -0.15) is 0 Å². The summed E-state index contributed by atoms with van der Waals surface area (Å²) in [5.41, 5.74) is 0. The molecule has 0 unspecified atom stereocenters. The molecule has 2 aromatic carbocycles. The first kappa shape index (κ1) is 9.84. The quantitative estimate of drug-likeness (QED) is 0.809. The molecule has 2 rings (SSSR count). The van der Waals surface area contributed by atoms with Gasteiger partial charge in [-0.3, -0.25) is 0 Å². The molecule has 0 heterocycles. The summed E-state index contributed by atoms with van der Waals surface area (Å²) in [6.45, 7) is 3.94. The summed E-state index contributed by atoms with van der Waals surface area (Å²) >= 11 is 0. The lowest BCUT2D eigenvalue weighted by molar-refractivity contribution is 0.245. The fourth-order valence-electron chi connectivity index (χ4n) is 1.64. The van der Waals surface area contributed by atoms with Gasteiger partial charge in [0.1, 0.15) is 11.5 Å². The average molecular weight is 202 g/mol. The maximum Gasteiger partial charge on any atom is 0.131 e. The van der Waals surface area contributed by atoms with E-state index in [2.05, 4.69) is 0 Å². The second-order valence-electron chi connectivity index (χ2n) is 3.80. The molecule has 2 nitrogen and oxygen atoms in total.